The van der Waals surface area contributed by atoms with Crippen LogP contribution in [0.5, 0.6) is 0 Å². The van der Waals surface area contributed by atoms with E-state index >= 15 is 0 Å². The fraction of sp³-hybridized carbons (Fsp3) is 0.273. The normalized spacial score (nSPS) is 12.2. The molecule has 0 amide bonds. The summed E-state index contributed by atoms with van der Waals surface area (Å²) in [5.41, 5.74) is -0.419. The minimum Gasteiger partial charge on any atom is -0.459 e. The van der Waals surface area contributed by atoms with Gasteiger partial charge in [0.2, 0.25) is 0 Å². The van der Waals surface area contributed by atoms with Crippen molar-refractivity contribution in [2.45, 2.75) is 12.7 Å². The maximum Gasteiger partial charge on any atom is 0.420 e. The van der Waals surface area contributed by atoms with Gasteiger partial charge in [-0.2, -0.15) is 13.2 Å². The van der Waals surface area contributed by atoms with E-state index < -0.39 is 11.7 Å². The highest BCUT2D eigenvalue weighted by atomic mass is 19.4. The number of fused-ring (bicyclic) bond motifs is 1. The van der Waals surface area contributed by atoms with Crippen LogP contribution >= 0.6 is 0 Å². The molecule has 1 heterocycles. The number of halogens is 3. The SMILES string of the molecule is CNCc1oc2ccccc2c1C(F)(F)F. The van der Waals surface area contributed by atoms with Gasteiger partial charge in [-0.3, -0.25) is 0 Å². The van der Waals surface area contributed by atoms with Crippen LogP contribution in [-0.2, 0) is 12.7 Å². The Hall–Kier alpha value is -1.49. The molecule has 0 saturated heterocycles. The number of para-hydroxylation sites is 1. The first kappa shape index (κ1) is 11.0. The van der Waals surface area contributed by atoms with Gasteiger partial charge in [0.05, 0.1) is 6.54 Å². The monoisotopic (exact) mass is 229 g/mol. The number of furan rings is 1. The Morgan fingerprint density at radius 2 is 1.94 bits per heavy atom. The predicted molar refractivity (Wildman–Crippen MR) is 54.0 cm³/mol. The van der Waals surface area contributed by atoms with Crippen molar-refractivity contribution in [2.24, 2.45) is 0 Å². The lowest BCUT2D eigenvalue weighted by atomic mass is 10.1. The van der Waals surface area contributed by atoms with E-state index in [0.717, 1.165) is 0 Å². The highest BCUT2D eigenvalue weighted by Gasteiger charge is 2.37. The van der Waals surface area contributed by atoms with Gasteiger partial charge in [-0.25, -0.2) is 0 Å². The highest BCUT2D eigenvalue weighted by molar-refractivity contribution is 5.82. The first-order valence-electron chi connectivity index (χ1n) is 4.76. The summed E-state index contributed by atoms with van der Waals surface area (Å²) in [6.45, 7) is 0.0591. The van der Waals surface area contributed by atoms with Crippen LogP contribution in [-0.4, -0.2) is 7.05 Å². The Kier molecular flexibility index (Phi) is 2.63. The van der Waals surface area contributed by atoms with E-state index in [9.17, 15) is 13.2 Å². The largest absolute Gasteiger partial charge is 0.459 e. The molecule has 0 atom stereocenters. The molecule has 0 radical (unpaired) electrons. The van der Waals surface area contributed by atoms with Gasteiger partial charge in [-0.05, 0) is 13.1 Å². The number of hydrogen-bond acceptors (Lipinski definition) is 2. The molecule has 1 aromatic heterocycles. The zero-order chi connectivity index (χ0) is 11.8. The Morgan fingerprint density at radius 3 is 2.56 bits per heavy atom. The van der Waals surface area contributed by atoms with Crippen molar-refractivity contribution in [2.75, 3.05) is 7.05 Å². The van der Waals surface area contributed by atoms with Crippen LogP contribution in [0.4, 0.5) is 13.2 Å². The topological polar surface area (TPSA) is 25.2 Å². The second-order valence-corrected chi connectivity index (χ2v) is 3.42. The molecule has 86 valence electrons. The molecule has 1 aromatic carbocycles. The smallest absolute Gasteiger partial charge is 0.420 e. The molecule has 5 heteroatoms. The van der Waals surface area contributed by atoms with Crippen molar-refractivity contribution < 1.29 is 17.6 Å². The lowest BCUT2D eigenvalue weighted by molar-refractivity contribution is -0.137. The molecule has 16 heavy (non-hydrogen) atoms. The maximum absolute atomic E-state index is 12.8. The highest BCUT2D eigenvalue weighted by Crippen LogP contribution is 2.39. The van der Waals surface area contributed by atoms with Gasteiger partial charge in [0, 0.05) is 5.39 Å². The zero-order valence-corrected chi connectivity index (χ0v) is 8.56. The minimum atomic E-state index is -4.39. The number of nitrogens with one attached hydrogen (secondary N) is 1. The molecule has 0 saturated carbocycles. The number of rotatable bonds is 2. The summed E-state index contributed by atoms with van der Waals surface area (Å²) in [6, 6.07) is 6.16. The molecular formula is C11H10F3NO. The van der Waals surface area contributed by atoms with Gasteiger partial charge in [-0.15, -0.1) is 0 Å². The second-order valence-electron chi connectivity index (χ2n) is 3.42. The van der Waals surface area contributed by atoms with Crippen LogP contribution in [0.25, 0.3) is 11.0 Å². The second kappa shape index (κ2) is 3.83. The van der Waals surface area contributed by atoms with Crippen molar-refractivity contribution in [3.8, 4) is 0 Å². The summed E-state index contributed by atoms with van der Waals surface area (Å²) < 4.78 is 43.7. The third kappa shape index (κ3) is 1.78. The van der Waals surface area contributed by atoms with Gasteiger partial charge in [0.25, 0.3) is 0 Å². The van der Waals surface area contributed by atoms with Crippen molar-refractivity contribution in [3.63, 3.8) is 0 Å². The molecule has 0 aliphatic rings. The average molecular weight is 229 g/mol. The fourth-order valence-corrected chi connectivity index (χ4v) is 1.69. The molecule has 2 nitrogen and oxygen atoms in total. The van der Waals surface area contributed by atoms with E-state index in [2.05, 4.69) is 5.32 Å². The van der Waals surface area contributed by atoms with Crippen molar-refractivity contribution >= 4 is 11.0 Å². The number of alkyl halides is 3. The quantitative estimate of drug-likeness (QED) is 0.855. The van der Waals surface area contributed by atoms with E-state index in [0.29, 0.717) is 0 Å². The van der Waals surface area contributed by atoms with Crippen molar-refractivity contribution in [1.82, 2.24) is 5.32 Å². The average Bonchev–Trinajstić information content (AvgIpc) is 2.55. The Labute approximate surface area is 90.0 Å². The van der Waals surface area contributed by atoms with Gasteiger partial charge in [-0.1, -0.05) is 18.2 Å². The number of benzene rings is 1. The molecule has 0 bridgehead atoms. The Morgan fingerprint density at radius 1 is 1.25 bits per heavy atom. The van der Waals surface area contributed by atoms with Gasteiger partial charge >= 0.3 is 6.18 Å². The Bertz CT molecular complexity index is 501. The summed E-state index contributed by atoms with van der Waals surface area (Å²) >= 11 is 0. The first-order valence-corrected chi connectivity index (χ1v) is 4.76. The van der Waals surface area contributed by atoms with E-state index in [1.54, 1.807) is 19.2 Å². The minimum absolute atomic E-state index is 0.0591. The summed E-state index contributed by atoms with van der Waals surface area (Å²) in [6.07, 6.45) is -4.39. The van der Waals surface area contributed by atoms with Gasteiger partial charge < -0.3 is 9.73 Å². The van der Waals surface area contributed by atoms with Crippen LogP contribution in [0.2, 0.25) is 0 Å². The lowest BCUT2D eigenvalue weighted by Crippen LogP contribution is -2.12. The maximum atomic E-state index is 12.8. The standard InChI is InChI=1S/C11H10F3NO/c1-15-6-9-10(11(12,13)14)7-4-2-3-5-8(7)16-9/h2-5,15H,6H2,1H3. The van der Waals surface area contributed by atoms with Crippen LogP contribution in [0, 0.1) is 0 Å². The third-order valence-corrected chi connectivity index (χ3v) is 2.29. The fourth-order valence-electron chi connectivity index (χ4n) is 1.69. The summed E-state index contributed by atoms with van der Waals surface area (Å²) in [5, 5.41) is 2.78. The summed E-state index contributed by atoms with van der Waals surface area (Å²) in [5.74, 6) is -0.0730. The van der Waals surface area contributed by atoms with E-state index in [1.807, 2.05) is 0 Å². The molecule has 2 rings (SSSR count). The van der Waals surface area contributed by atoms with E-state index in [4.69, 9.17) is 4.42 Å². The van der Waals surface area contributed by atoms with Crippen LogP contribution < -0.4 is 5.32 Å². The Balaban J connectivity index is 2.69. The lowest BCUT2D eigenvalue weighted by Gasteiger charge is -2.06. The summed E-state index contributed by atoms with van der Waals surface area (Å²) in [4.78, 5) is 0. The first-order chi connectivity index (χ1) is 7.54. The molecule has 0 spiro atoms. The zero-order valence-electron chi connectivity index (χ0n) is 8.56. The summed E-state index contributed by atoms with van der Waals surface area (Å²) in [7, 11) is 1.58. The van der Waals surface area contributed by atoms with Gasteiger partial charge in [0.1, 0.15) is 16.9 Å². The molecule has 2 aromatic rings. The van der Waals surface area contributed by atoms with Gasteiger partial charge in [0.15, 0.2) is 0 Å². The van der Waals surface area contributed by atoms with E-state index in [-0.39, 0.29) is 23.3 Å². The molecule has 0 aliphatic carbocycles. The molecule has 1 N–H and O–H groups in total. The van der Waals surface area contributed by atoms with Crippen molar-refractivity contribution in [1.29, 1.82) is 0 Å². The molecule has 0 aliphatic heterocycles. The molecule has 0 fully saturated rings. The van der Waals surface area contributed by atoms with Crippen LogP contribution in [0.1, 0.15) is 11.3 Å². The third-order valence-electron chi connectivity index (χ3n) is 2.29. The van der Waals surface area contributed by atoms with Crippen LogP contribution in [0.3, 0.4) is 0 Å². The molecular weight excluding hydrogens is 219 g/mol. The van der Waals surface area contributed by atoms with Crippen LogP contribution in [0.15, 0.2) is 28.7 Å². The van der Waals surface area contributed by atoms with Crippen molar-refractivity contribution in [3.05, 3.63) is 35.6 Å². The predicted octanol–water partition coefficient (Wildman–Crippen LogP) is 3.17. The van der Waals surface area contributed by atoms with E-state index in [1.165, 1.54) is 12.1 Å². The molecule has 0 unspecified atom stereocenters. The number of hydrogen-bond donors (Lipinski definition) is 1.